The first-order valence-electron chi connectivity index (χ1n) is 3.83. The van der Waals surface area contributed by atoms with Crippen LogP contribution in [0.5, 0.6) is 0 Å². The van der Waals surface area contributed by atoms with Gasteiger partial charge in [0.15, 0.2) is 0 Å². The van der Waals surface area contributed by atoms with Crippen LogP contribution in [-0.2, 0) is 0 Å². The Morgan fingerprint density at radius 2 is 2.31 bits per heavy atom. The van der Waals surface area contributed by atoms with E-state index in [0.717, 1.165) is 16.7 Å². The van der Waals surface area contributed by atoms with Gasteiger partial charge in [-0.05, 0) is 28.9 Å². The highest BCUT2D eigenvalue weighted by molar-refractivity contribution is 9.10. The van der Waals surface area contributed by atoms with Crippen molar-refractivity contribution < 1.29 is 4.92 Å². The molecule has 0 saturated carbocycles. The molecule has 5 heteroatoms. The Morgan fingerprint density at radius 3 is 2.85 bits per heavy atom. The van der Waals surface area contributed by atoms with Crippen LogP contribution in [0.3, 0.4) is 0 Å². The summed E-state index contributed by atoms with van der Waals surface area (Å²) in [5.74, 6) is 0. The maximum absolute atomic E-state index is 10.4. The summed E-state index contributed by atoms with van der Waals surface area (Å²) in [7, 11) is 0. The minimum absolute atomic E-state index is 0.0964. The standard InChI is InChI=1S/C8H9BrN2O2/c1-2-10-8-5-6(11(12)13)3-4-7(8)9/h3-5,10H,2H2,1H3. The molecule has 1 aromatic rings. The van der Waals surface area contributed by atoms with Gasteiger partial charge in [-0.1, -0.05) is 0 Å². The summed E-state index contributed by atoms with van der Waals surface area (Å²) < 4.78 is 0.833. The second-order valence-corrected chi connectivity index (χ2v) is 3.31. The highest BCUT2D eigenvalue weighted by Crippen LogP contribution is 2.26. The summed E-state index contributed by atoms with van der Waals surface area (Å²) in [5, 5.41) is 13.5. The van der Waals surface area contributed by atoms with Crippen molar-refractivity contribution in [2.75, 3.05) is 11.9 Å². The van der Waals surface area contributed by atoms with Crippen LogP contribution >= 0.6 is 15.9 Å². The number of nitrogens with zero attached hydrogens (tertiary/aromatic N) is 1. The second kappa shape index (κ2) is 4.23. The van der Waals surface area contributed by atoms with Gasteiger partial charge in [-0.15, -0.1) is 0 Å². The van der Waals surface area contributed by atoms with E-state index in [4.69, 9.17) is 0 Å². The lowest BCUT2D eigenvalue weighted by Gasteiger charge is -2.04. The van der Waals surface area contributed by atoms with E-state index in [-0.39, 0.29) is 5.69 Å². The average molecular weight is 245 g/mol. The van der Waals surface area contributed by atoms with E-state index in [1.54, 1.807) is 6.07 Å². The highest BCUT2D eigenvalue weighted by Gasteiger charge is 2.07. The number of benzene rings is 1. The fourth-order valence-corrected chi connectivity index (χ4v) is 1.34. The molecule has 0 aromatic heterocycles. The molecule has 0 aliphatic rings. The minimum atomic E-state index is -0.409. The number of hydrogen-bond acceptors (Lipinski definition) is 3. The van der Waals surface area contributed by atoms with Crippen LogP contribution in [0.2, 0.25) is 0 Å². The van der Waals surface area contributed by atoms with Crippen molar-refractivity contribution in [3.63, 3.8) is 0 Å². The lowest BCUT2D eigenvalue weighted by molar-refractivity contribution is -0.384. The number of non-ortho nitro benzene ring substituents is 1. The molecule has 1 rings (SSSR count). The second-order valence-electron chi connectivity index (χ2n) is 2.45. The quantitative estimate of drug-likeness (QED) is 0.658. The van der Waals surface area contributed by atoms with Gasteiger partial charge in [-0.3, -0.25) is 10.1 Å². The van der Waals surface area contributed by atoms with E-state index in [1.165, 1.54) is 12.1 Å². The maximum Gasteiger partial charge on any atom is 0.271 e. The Morgan fingerprint density at radius 1 is 1.62 bits per heavy atom. The van der Waals surface area contributed by atoms with Crippen LogP contribution < -0.4 is 5.32 Å². The topological polar surface area (TPSA) is 55.2 Å². The predicted molar refractivity (Wildman–Crippen MR) is 55.0 cm³/mol. The monoisotopic (exact) mass is 244 g/mol. The van der Waals surface area contributed by atoms with Crippen LogP contribution in [0.4, 0.5) is 11.4 Å². The van der Waals surface area contributed by atoms with Crippen molar-refractivity contribution in [1.29, 1.82) is 0 Å². The van der Waals surface area contributed by atoms with Gasteiger partial charge >= 0.3 is 0 Å². The van der Waals surface area contributed by atoms with Crippen molar-refractivity contribution in [2.45, 2.75) is 6.92 Å². The third kappa shape index (κ3) is 2.42. The number of nitrogens with one attached hydrogen (secondary N) is 1. The summed E-state index contributed by atoms with van der Waals surface area (Å²) in [5.41, 5.74) is 0.843. The Labute approximate surface area is 84.2 Å². The van der Waals surface area contributed by atoms with Crippen LogP contribution in [-0.4, -0.2) is 11.5 Å². The van der Waals surface area contributed by atoms with E-state index in [9.17, 15) is 10.1 Å². The third-order valence-corrected chi connectivity index (χ3v) is 2.22. The molecule has 13 heavy (non-hydrogen) atoms. The van der Waals surface area contributed by atoms with Gasteiger partial charge in [0.1, 0.15) is 0 Å². The predicted octanol–water partition coefficient (Wildman–Crippen LogP) is 2.79. The van der Waals surface area contributed by atoms with Crippen molar-refractivity contribution in [1.82, 2.24) is 0 Å². The molecule has 0 bridgehead atoms. The molecule has 70 valence electrons. The first kappa shape index (κ1) is 9.98. The number of nitro benzene ring substituents is 1. The van der Waals surface area contributed by atoms with Crippen LogP contribution in [0.1, 0.15) is 6.92 Å². The molecule has 0 amide bonds. The van der Waals surface area contributed by atoms with Gasteiger partial charge in [0, 0.05) is 23.2 Å². The first-order chi connectivity index (χ1) is 6.15. The van der Waals surface area contributed by atoms with Crippen LogP contribution in [0.15, 0.2) is 22.7 Å². The molecule has 4 nitrogen and oxygen atoms in total. The van der Waals surface area contributed by atoms with E-state index in [0.29, 0.717) is 0 Å². The lowest BCUT2D eigenvalue weighted by atomic mass is 10.3. The molecule has 0 aliphatic carbocycles. The van der Waals surface area contributed by atoms with Gasteiger partial charge in [0.2, 0.25) is 0 Å². The number of nitro groups is 1. The molecule has 1 aromatic carbocycles. The number of hydrogen-bond donors (Lipinski definition) is 1. The van der Waals surface area contributed by atoms with E-state index >= 15 is 0 Å². The Bertz CT molecular complexity index is 328. The SMILES string of the molecule is CCNc1cc([N+](=O)[O-])ccc1Br. The summed E-state index contributed by atoms with van der Waals surface area (Å²) >= 11 is 3.30. The number of halogens is 1. The molecule has 0 spiro atoms. The molecular weight excluding hydrogens is 236 g/mol. The first-order valence-corrected chi connectivity index (χ1v) is 4.62. The normalized spacial score (nSPS) is 9.69. The zero-order chi connectivity index (χ0) is 9.84. The molecular formula is C8H9BrN2O2. The number of anilines is 1. The maximum atomic E-state index is 10.4. The van der Waals surface area contributed by atoms with Crippen molar-refractivity contribution in [3.05, 3.63) is 32.8 Å². The van der Waals surface area contributed by atoms with E-state index in [1.807, 2.05) is 6.92 Å². The molecule has 0 heterocycles. The molecule has 0 atom stereocenters. The van der Waals surface area contributed by atoms with E-state index < -0.39 is 4.92 Å². The number of rotatable bonds is 3. The van der Waals surface area contributed by atoms with Crippen molar-refractivity contribution >= 4 is 27.3 Å². The van der Waals surface area contributed by atoms with Crippen LogP contribution in [0.25, 0.3) is 0 Å². The largest absolute Gasteiger partial charge is 0.384 e. The zero-order valence-corrected chi connectivity index (χ0v) is 8.67. The smallest absolute Gasteiger partial charge is 0.271 e. The zero-order valence-electron chi connectivity index (χ0n) is 7.08. The summed E-state index contributed by atoms with van der Waals surface area (Å²) in [4.78, 5) is 10.0. The Balaban J connectivity index is 3.03. The molecule has 0 unspecified atom stereocenters. The molecule has 0 saturated heterocycles. The third-order valence-electron chi connectivity index (χ3n) is 1.53. The van der Waals surface area contributed by atoms with E-state index in [2.05, 4.69) is 21.2 Å². The summed E-state index contributed by atoms with van der Waals surface area (Å²) in [6, 6.07) is 4.63. The highest BCUT2D eigenvalue weighted by atomic mass is 79.9. The van der Waals surface area contributed by atoms with Gasteiger partial charge in [0.25, 0.3) is 5.69 Å². The van der Waals surface area contributed by atoms with Crippen LogP contribution in [0, 0.1) is 10.1 Å². The van der Waals surface area contributed by atoms with Crippen molar-refractivity contribution in [2.24, 2.45) is 0 Å². The lowest BCUT2D eigenvalue weighted by Crippen LogP contribution is -1.98. The molecule has 0 fully saturated rings. The van der Waals surface area contributed by atoms with Gasteiger partial charge in [-0.25, -0.2) is 0 Å². The van der Waals surface area contributed by atoms with Gasteiger partial charge < -0.3 is 5.32 Å². The molecule has 0 radical (unpaired) electrons. The Hall–Kier alpha value is -1.10. The average Bonchev–Trinajstić information content (AvgIpc) is 2.08. The molecule has 0 aliphatic heterocycles. The Kier molecular flexibility index (Phi) is 3.25. The molecule has 1 N–H and O–H groups in total. The van der Waals surface area contributed by atoms with Gasteiger partial charge in [-0.2, -0.15) is 0 Å². The van der Waals surface area contributed by atoms with Crippen molar-refractivity contribution in [3.8, 4) is 0 Å². The summed E-state index contributed by atoms with van der Waals surface area (Å²) in [6.45, 7) is 2.67. The minimum Gasteiger partial charge on any atom is -0.384 e. The summed E-state index contributed by atoms with van der Waals surface area (Å²) in [6.07, 6.45) is 0. The van der Waals surface area contributed by atoms with Gasteiger partial charge in [0.05, 0.1) is 10.6 Å². The fourth-order valence-electron chi connectivity index (χ4n) is 0.953. The fraction of sp³-hybridized carbons (Fsp3) is 0.250.